The van der Waals surface area contributed by atoms with Gasteiger partial charge >= 0.3 is 0 Å². The smallest absolute Gasteiger partial charge is 0.141 e. The Morgan fingerprint density at radius 1 is 1.12 bits per heavy atom. The van der Waals surface area contributed by atoms with Crippen molar-refractivity contribution in [2.75, 3.05) is 11.4 Å². The molecule has 126 valence electrons. The van der Waals surface area contributed by atoms with Crippen molar-refractivity contribution in [1.29, 1.82) is 0 Å². The van der Waals surface area contributed by atoms with Crippen molar-refractivity contribution >= 4 is 48.9 Å². The molecule has 25 heavy (non-hydrogen) atoms. The Kier molecular flexibility index (Phi) is 3.50. The van der Waals surface area contributed by atoms with Gasteiger partial charge in [-0.15, -0.1) is 22.7 Å². The lowest BCUT2D eigenvalue weighted by Crippen LogP contribution is -2.23. The summed E-state index contributed by atoms with van der Waals surface area (Å²) in [6.07, 6.45) is 4.02. The molecule has 5 rings (SSSR count). The lowest BCUT2D eigenvalue weighted by Gasteiger charge is -2.24. The molecular weight excluding hydrogens is 348 g/mol. The Bertz CT molecular complexity index is 1050. The number of hydrogen-bond acceptors (Lipinski definition) is 6. The van der Waals surface area contributed by atoms with Gasteiger partial charge in [0.25, 0.3) is 0 Å². The number of anilines is 1. The SMILES string of the molecule is Cc1sc2ncnc(N3CCC[C@H]3c3nc4ccccc4s3)c2c1C. The van der Waals surface area contributed by atoms with Gasteiger partial charge in [-0.1, -0.05) is 12.1 Å². The molecular formula is C19H18N4S2. The van der Waals surface area contributed by atoms with Crippen molar-refractivity contribution in [2.45, 2.75) is 32.7 Å². The number of fused-ring (bicyclic) bond motifs is 2. The molecule has 0 spiro atoms. The quantitative estimate of drug-likeness (QED) is 0.485. The summed E-state index contributed by atoms with van der Waals surface area (Å²) in [4.78, 5) is 19.0. The minimum absolute atomic E-state index is 0.315. The number of thiophene rings is 1. The van der Waals surface area contributed by atoms with Gasteiger partial charge in [-0.25, -0.2) is 15.0 Å². The van der Waals surface area contributed by atoms with Crippen LogP contribution in [0.1, 0.15) is 34.3 Å². The minimum atomic E-state index is 0.315. The maximum Gasteiger partial charge on any atom is 0.141 e. The molecule has 4 nitrogen and oxygen atoms in total. The van der Waals surface area contributed by atoms with Crippen molar-refractivity contribution in [2.24, 2.45) is 0 Å². The first kappa shape index (κ1) is 15.2. The predicted molar refractivity (Wildman–Crippen MR) is 106 cm³/mol. The van der Waals surface area contributed by atoms with Crippen LogP contribution < -0.4 is 4.90 Å². The van der Waals surface area contributed by atoms with Crippen LogP contribution in [0, 0.1) is 13.8 Å². The number of para-hydroxylation sites is 1. The van der Waals surface area contributed by atoms with E-state index in [4.69, 9.17) is 9.97 Å². The lowest BCUT2D eigenvalue weighted by atomic mass is 10.2. The fourth-order valence-electron chi connectivity index (χ4n) is 3.69. The van der Waals surface area contributed by atoms with Gasteiger partial charge in [0.05, 0.1) is 21.6 Å². The average Bonchev–Trinajstić information content (AvgIpc) is 3.32. The second kappa shape index (κ2) is 5.75. The van der Waals surface area contributed by atoms with Crippen molar-refractivity contribution in [3.63, 3.8) is 0 Å². The highest BCUT2D eigenvalue weighted by Gasteiger charge is 2.31. The molecule has 6 heteroatoms. The van der Waals surface area contributed by atoms with Gasteiger partial charge in [0.1, 0.15) is 22.0 Å². The second-order valence-electron chi connectivity index (χ2n) is 6.53. The fraction of sp³-hybridized carbons (Fsp3) is 0.316. The molecule has 4 aromatic rings. The molecule has 0 N–H and O–H groups in total. The van der Waals surface area contributed by atoms with Crippen molar-refractivity contribution < 1.29 is 0 Å². The van der Waals surface area contributed by atoms with Crippen LogP contribution in [0.3, 0.4) is 0 Å². The number of hydrogen-bond donors (Lipinski definition) is 0. The summed E-state index contributed by atoms with van der Waals surface area (Å²) in [7, 11) is 0. The summed E-state index contributed by atoms with van der Waals surface area (Å²) in [6, 6.07) is 8.72. The zero-order valence-corrected chi connectivity index (χ0v) is 15.8. The number of aromatic nitrogens is 3. The molecule has 0 radical (unpaired) electrons. The topological polar surface area (TPSA) is 41.9 Å². The van der Waals surface area contributed by atoms with Gasteiger partial charge in [-0.3, -0.25) is 0 Å². The van der Waals surface area contributed by atoms with Crippen molar-refractivity contribution in [3.05, 3.63) is 46.0 Å². The standard InChI is InChI=1S/C19H18N4S2/c1-11-12(2)24-19-16(11)17(20-10-21-19)23-9-5-7-14(23)18-22-13-6-3-4-8-15(13)25-18/h3-4,6,8,10,14H,5,7,9H2,1-2H3/t14-/m0/s1. The first-order valence-electron chi connectivity index (χ1n) is 8.55. The largest absolute Gasteiger partial charge is 0.346 e. The first-order valence-corrected chi connectivity index (χ1v) is 10.2. The van der Waals surface area contributed by atoms with Crippen LogP contribution >= 0.6 is 22.7 Å². The maximum absolute atomic E-state index is 4.91. The average molecular weight is 367 g/mol. The van der Waals surface area contributed by atoms with E-state index in [1.807, 2.05) is 11.3 Å². The Morgan fingerprint density at radius 2 is 2.00 bits per heavy atom. The van der Waals surface area contributed by atoms with Crippen LogP contribution in [0.25, 0.3) is 20.4 Å². The molecule has 1 aliphatic rings. The van der Waals surface area contributed by atoms with E-state index in [0.717, 1.165) is 29.1 Å². The van der Waals surface area contributed by atoms with E-state index in [1.165, 1.54) is 32.0 Å². The van der Waals surface area contributed by atoms with E-state index in [0.29, 0.717) is 6.04 Å². The molecule has 3 aromatic heterocycles. The summed E-state index contributed by atoms with van der Waals surface area (Å²) in [5.74, 6) is 1.08. The highest BCUT2D eigenvalue weighted by atomic mass is 32.1. The molecule has 1 saturated heterocycles. The Balaban J connectivity index is 1.64. The predicted octanol–water partition coefficient (Wildman–Crippen LogP) is 5.26. The van der Waals surface area contributed by atoms with E-state index >= 15 is 0 Å². The number of nitrogens with zero attached hydrogens (tertiary/aromatic N) is 4. The van der Waals surface area contributed by atoms with E-state index in [-0.39, 0.29) is 0 Å². The van der Waals surface area contributed by atoms with Crippen molar-refractivity contribution in [1.82, 2.24) is 15.0 Å². The summed E-state index contributed by atoms with van der Waals surface area (Å²) >= 11 is 3.58. The first-order chi connectivity index (χ1) is 12.2. The van der Waals surface area contributed by atoms with E-state index < -0.39 is 0 Å². The second-order valence-corrected chi connectivity index (χ2v) is 8.80. The number of rotatable bonds is 2. The molecule has 1 aliphatic heterocycles. The summed E-state index contributed by atoms with van der Waals surface area (Å²) < 4.78 is 1.26. The summed E-state index contributed by atoms with van der Waals surface area (Å²) in [6.45, 7) is 5.38. The minimum Gasteiger partial charge on any atom is -0.346 e. The molecule has 4 heterocycles. The number of benzene rings is 1. The van der Waals surface area contributed by atoms with Crippen LogP contribution in [0.5, 0.6) is 0 Å². The van der Waals surface area contributed by atoms with Crippen LogP contribution in [0.4, 0.5) is 5.82 Å². The summed E-state index contributed by atoms with van der Waals surface area (Å²) in [5.41, 5.74) is 2.41. The van der Waals surface area contributed by atoms with Gasteiger partial charge in [0.2, 0.25) is 0 Å². The van der Waals surface area contributed by atoms with Gasteiger partial charge in [-0.2, -0.15) is 0 Å². The third-order valence-electron chi connectivity index (χ3n) is 5.07. The molecule has 0 saturated carbocycles. The molecule has 0 unspecified atom stereocenters. The lowest BCUT2D eigenvalue weighted by molar-refractivity contribution is 0.709. The monoisotopic (exact) mass is 366 g/mol. The van der Waals surface area contributed by atoms with Crippen LogP contribution in [-0.4, -0.2) is 21.5 Å². The Morgan fingerprint density at radius 3 is 2.88 bits per heavy atom. The molecule has 0 amide bonds. The highest BCUT2D eigenvalue weighted by Crippen LogP contribution is 2.42. The van der Waals surface area contributed by atoms with Gasteiger partial charge in [-0.05, 0) is 44.4 Å². The molecule has 0 bridgehead atoms. The van der Waals surface area contributed by atoms with Crippen LogP contribution in [-0.2, 0) is 0 Å². The molecule has 0 aliphatic carbocycles. The third-order valence-corrected chi connectivity index (χ3v) is 7.32. The Labute approximate surface area is 154 Å². The fourth-order valence-corrected chi connectivity index (χ4v) is 5.80. The third kappa shape index (κ3) is 2.35. The van der Waals surface area contributed by atoms with E-state index in [9.17, 15) is 0 Å². The van der Waals surface area contributed by atoms with Crippen molar-refractivity contribution in [3.8, 4) is 0 Å². The molecule has 1 atom stereocenters. The molecule has 1 fully saturated rings. The van der Waals surface area contributed by atoms with Crippen LogP contribution in [0.2, 0.25) is 0 Å². The molecule has 1 aromatic carbocycles. The zero-order chi connectivity index (χ0) is 17.0. The van der Waals surface area contributed by atoms with Crippen LogP contribution in [0.15, 0.2) is 30.6 Å². The normalized spacial score (nSPS) is 17.8. The van der Waals surface area contributed by atoms with Gasteiger partial charge in [0, 0.05) is 11.4 Å². The van der Waals surface area contributed by atoms with E-state index in [2.05, 4.69) is 48.0 Å². The zero-order valence-electron chi connectivity index (χ0n) is 14.2. The van der Waals surface area contributed by atoms with Gasteiger partial charge in [0.15, 0.2) is 0 Å². The Hall–Kier alpha value is -2.05. The van der Waals surface area contributed by atoms with Gasteiger partial charge < -0.3 is 4.90 Å². The number of aryl methyl sites for hydroxylation is 2. The van der Waals surface area contributed by atoms with E-state index in [1.54, 1.807) is 17.7 Å². The highest BCUT2D eigenvalue weighted by molar-refractivity contribution is 7.19. The summed E-state index contributed by atoms with van der Waals surface area (Å²) in [5, 5.41) is 2.42. The number of thiazole rings is 1. The maximum atomic E-state index is 4.91.